The molecule has 1 atom stereocenters. The Hall–Kier alpha value is -1.21. The van der Waals surface area contributed by atoms with Crippen LogP contribution in [0.25, 0.3) is 0 Å². The maximum atomic E-state index is 11.8. The van der Waals surface area contributed by atoms with Crippen LogP contribution in [-0.4, -0.2) is 35.2 Å². The van der Waals surface area contributed by atoms with E-state index >= 15 is 0 Å². The molecule has 0 heterocycles. The highest BCUT2D eigenvalue weighted by Gasteiger charge is 2.27. The first-order valence-electron chi connectivity index (χ1n) is 5.52. The topological polar surface area (TPSA) is 49.3 Å². The molecule has 0 fully saturated rings. The number of halogens is 3. The van der Waals surface area contributed by atoms with Crippen LogP contribution < -0.4 is 5.32 Å². The number of thioether (sulfide) groups is 1. The van der Waals surface area contributed by atoms with Crippen LogP contribution in [0.5, 0.6) is 0 Å². The van der Waals surface area contributed by atoms with Gasteiger partial charge in [-0.05, 0) is 5.56 Å². The summed E-state index contributed by atoms with van der Waals surface area (Å²) in [6.07, 6.45) is -5.13. The highest BCUT2D eigenvalue weighted by molar-refractivity contribution is 7.99. The lowest BCUT2D eigenvalue weighted by Gasteiger charge is -2.11. The maximum Gasteiger partial charge on any atom is 0.405 e. The minimum absolute atomic E-state index is 0.111. The number of rotatable bonds is 6. The summed E-state index contributed by atoms with van der Waals surface area (Å²) >= 11 is 1.09. The van der Waals surface area contributed by atoms with Gasteiger partial charge < -0.3 is 10.4 Å². The van der Waals surface area contributed by atoms with Gasteiger partial charge in [-0.15, -0.1) is 11.8 Å². The monoisotopic (exact) mass is 293 g/mol. The lowest BCUT2D eigenvalue weighted by atomic mass is 10.1. The second kappa shape index (κ2) is 7.40. The fourth-order valence-electron chi connectivity index (χ4n) is 1.28. The fourth-order valence-corrected chi connectivity index (χ4v) is 2.11. The lowest BCUT2D eigenvalue weighted by molar-refractivity contribution is -0.136. The number of aliphatic hydroxyl groups excluding tert-OH is 1. The van der Waals surface area contributed by atoms with Gasteiger partial charge in [0.2, 0.25) is 5.91 Å². The fraction of sp³-hybridized carbons (Fsp3) is 0.417. The molecule has 1 unspecified atom stereocenters. The van der Waals surface area contributed by atoms with Crippen LogP contribution in [0, 0.1) is 0 Å². The Morgan fingerprint density at radius 1 is 1.32 bits per heavy atom. The molecule has 1 amide bonds. The molecule has 0 spiro atoms. The van der Waals surface area contributed by atoms with Gasteiger partial charge in [-0.3, -0.25) is 4.79 Å². The number of aliphatic hydroxyl groups is 1. The van der Waals surface area contributed by atoms with Crippen molar-refractivity contribution in [3.8, 4) is 0 Å². The molecule has 1 aromatic carbocycles. The number of amides is 1. The smallest absolute Gasteiger partial charge is 0.388 e. The zero-order valence-corrected chi connectivity index (χ0v) is 10.8. The average molecular weight is 293 g/mol. The van der Waals surface area contributed by atoms with Crippen LogP contribution in [0.1, 0.15) is 11.7 Å². The van der Waals surface area contributed by atoms with E-state index in [1.807, 2.05) is 6.07 Å². The number of alkyl halides is 3. The Morgan fingerprint density at radius 3 is 2.53 bits per heavy atom. The number of hydrogen-bond acceptors (Lipinski definition) is 3. The second-order valence-electron chi connectivity index (χ2n) is 3.83. The van der Waals surface area contributed by atoms with Crippen LogP contribution in [-0.2, 0) is 4.79 Å². The molecule has 0 bridgehead atoms. The van der Waals surface area contributed by atoms with Crippen molar-refractivity contribution < 1.29 is 23.1 Å². The van der Waals surface area contributed by atoms with Gasteiger partial charge in [-0.1, -0.05) is 30.3 Å². The molecule has 1 rings (SSSR count). The molecule has 0 aliphatic rings. The van der Waals surface area contributed by atoms with Crippen molar-refractivity contribution in [3.05, 3.63) is 35.9 Å². The number of carbonyl (C=O) groups excluding carboxylic acids is 1. The Balaban J connectivity index is 2.22. The first-order chi connectivity index (χ1) is 8.88. The zero-order chi connectivity index (χ0) is 14.3. The van der Waals surface area contributed by atoms with E-state index in [0.717, 1.165) is 11.8 Å². The molecule has 3 nitrogen and oxygen atoms in total. The Bertz CT molecular complexity index is 398. The molecule has 0 aliphatic heterocycles. The van der Waals surface area contributed by atoms with Crippen molar-refractivity contribution in [2.24, 2.45) is 0 Å². The average Bonchev–Trinajstić information content (AvgIpc) is 2.36. The van der Waals surface area contributed by atoms with E-state index in [-0.39, 0.29) is 11.5 Å². The highest BCUT2D eigenvalue weighted by Crippen LogP contribution is 2.17. The van der Waals surface area contributed by atoms with E-state index < -0.39 is 24.7 Å². The van der Waals surface area contributed by atoms with E-state index in [1.165, 1.54) is 0 Å². The minimum Gasteiger partial charge on any atom is -0.388 e. The molecule has 7 heteroatoms. The SMILES string of the molecule is O=C(CSCC(O)c1ccccc1)NCC(F)(F)F. The summed E-state index contributed by atoms with van der Waals surface area (Å²) in [5, 5.41) is 11.5. The first-order valence-corrected chi connectivity index (χ1v) is 6.68. The molecule has 0 radical (unpaired) electrons. The summed E-state index contributed by atoms with van der Waals surface area (Å²) in [5.41, 5.74) is 0.714. The second-order valence-corrected chi connectivity index (χ2v) is 4.86. The van der Waals surface area contributed by atoms with E-state index in [0.29, 0.717) is 5.56 Å². The molecule has 2 N–H and O–H groups in total. The predicted molar refractivity (Wildman–Crippen MR) is 67.8 cm³/mol. The summed E-state index contributed by atoms with van der Waals surface area (Å²) in [6.45, 7) is -1.33. The van der Waals surface area contributed by atoms with Crippen molar-refractivity contribution in [2.45, 2.75) is 12.3 Å². The van der Waals surface area contributed by atoms with Crippen molar-refractivity contribution in [3.63, 3.8) is 0 Å². The van der Waals surface area contributed by atoms with Crippen molar-refractivity contribution >= 4 is 17.7 Å². The van der Waals surface area contributed by atoms with Crippen molar-refractivity contribution in [1.29, 1.82) is 0 Å². The van der Waals surface area contributed by atoms with Crippen LogP contribution >= 0.6 is 11.8 Å². The van der Waals surface area contributed by atoms with Gasteiger partial charge in [0, 0.05) is 5.75 Å². The van der Waals surface area contributed by atoms with E-state index in [4.69, 9.17) is 0 Å². The number of nitrogens with one attached hydrogen (secondary N) is 1. The zero-order valence-electron chi connectivity index (χ0n) is 9.98. The molecule has 0 saturated carbocycles. The molecule has 0 aromatic heterocycles. The largest absolute Gasteiger partial charge is 0.405 e. The summed E-state index contributed by atoms with van der Waals surface area (Å²) in [4.78, 5) is 11.1. The van der Waals surface area contributed by atoms with Gasteiger partial charge in [0.25, 0.3) is 0 Å². The molecule has 106 valence electrons. The van der Waals surface area contributed by atoms with Crippen molar-refractivity contribution in [1.82, 2.24) is 5.32 Å². The number of benzene rings is 1. The normalized spacial score (nSPS) is 13.1. The maximum absolute atomic E-state index is 11.8. The van der Waals surface area contributed by atoms with E-state index in [1.54, 1.807) is 29.6 Å². The van der Waals surface area contributed by atoms with Gasteiger partial charge in [0.15, 0.2) is 0 Å². The summed E-state index contributed by atoms with van der Waals surface area (Å²) < 4.78 is 35.5. The third-order valence-electron chi connectivity index (χ3n) is 2.18. The minimum atomic E-state index is -4.40. The van der Waals surface area contributed by atoms with Gasteiger partial charge in [-0.25, -0.2) is 0 Å². The van der Waals surface area contributed by atoms with Crippen molar-refractivity contribution in [2.75, 3.05) is 18.1 Å². The van der Waals surface area contributed by atoms with Gasteiger partial charge in [0.05, 0.1) is 11.9 Å². The number of carbonyl (C=O) groups is 1. The first kappa shape index (κ1) is 15.8. The van der Waals surface area contributed by atoms with Crippen LogP contribution in [0.2, 0.25) is 0 Å². The van der Waals surface area contributed by atoms with E-state index in [2.05, 4.69) is 0 Å². The highest BCUT2D eigenvalue weighted by atomic mass is 32.2. The third kappa shape index (κ3) is 7.07. The molecule has 0 aliphatic carbocycles. The van der Waals surface area contributed by atoms with Gasteiger partial charge >= 0.3 is 6.18 Å². The third-order valence-corrected chi connectivity index (χ3v) is 3.20. The molecule has 1 aromatic rings. The summed E-state index contributed by atoms with van der Waals surface area (Å²) in [5.74, 6) is -0.550. The van der Waals surface area contributed by atoms with Crippen LogP contribution in [0.3, 0.4) is 0 Å². The Morgan fingerprint density at radius 2 is 1.95 bits per heavy atom. The molecule has 19 heavy (non-hydrogen) atoms. The molecular formula is C12H14F3NO2S. The summed E-state index contributed by atoms with van der Waals surface area (Å²) in [6, 6.07) is 8.86. The number of hydrogen-bond donors (Lipinski definition) is 2. The summed E-state index contributed by atoms with van der Waals surface area (Å²) in [7, 11) is 0. The standard InChI is InChI=1S/C12H14F3NO2S/c13-12(14,15)8-16-11(18)7-19-6-10(17)9-4-2-1-3-5-9/h1-5,10,17H,6-8H2,(H,16,18). The van der Waals surface area contributed by atoms with Crippen LogP contribution in [0.4, 0.5) is 13.2 Å². The quantitative estimate of drug-likeness (QED) is 0.845. The van der Waals surface area contributed by atoms with Gasteiger partial charge in [-0.2, -0.15) is 13.2 Å². The molecule has 0 saturated heterocycles. The van der Waals surface area contributed by atoms with Gasteiger partial charge in [0.1, 0.15) is 6.54 Å². The van der Waals surface area contributed by atoms with Crippen LogP contribution in [0.15, 0.2) is 30.3 Å². The Kier molecular flexibility index (Phi) is 6.17. The Labute approximate surface area is 113 Å². The predicted octanol–water partition coefficient (Wildman–Crippen LogP) is 2.13. The lowest BCUT2D eigenvalue weighted by Crippen LogP contribution is -2.34. The molecular weight excluding hydrogens is 279 g/mol. The van der Waals surface area contributed by atoms with E-state index in [9.17, 15) is 23.1 Å².